The van der Waals surface area contributed by atoms with E-state index < -0.39 is 22.0 Å². The molecule has 0 aromatic heterocycles. The van der Waals surface area contributed by atoms with Crippen molar-refractivity contribution in [2.75, 3.05) is 13.7 Å². The summed E-state index contributed by atoms with van der Waals surface area (Å²) in [6.45, 7) is 3.59. The van der Waals surface area contributed by atoms with Gasteiger partial charge in [0.1, 0.15) is 0 Å². The van der Waals surface area contributed by atoms with Crippen molar-refractivity contribution in [2.24, 2.45) is 0 Å². The molecule has 0 amide bonds. The number of sulfonamides is 1. The summed E-state index contributed by atoms with van der Waals surface area (Å²) in [4.78, 5) is 11.3. The Bertz CT molecular complexity index is 556. The molecular weight excluding hydrogens is 294 g/mol. The molecule has 7 heteroatoms. The second-order valence-corrected chi connectivity index (χ2v) is 5.97. The van der Waals surface area contributed by atoms with E-state index in [0.717, 1.165) is 11.0 Å². The van der Waals surface area contributed by atoms with Gasteiger partial charge in [-0.25, -0.2) is 13.1 Å². The van der Waals surface area contributed by atoms with E-state index in [-0.39, 0.29) is 13.0 Å². The largest absolute Gasteiger partial charge is 0.469 e. The highest BCUT2D eigenvalue weighted by Crippen LogP contribution is 2.04. The van der Waals surface area contributed by atoms with Crippen LogP contribution in [0.25, 0.3) is 0 Å². The molecule has 0 saturated heterocycles. The fraction of sp³-hybridized carbons (Fsp3) is 0.357. The van der Waals surface area contributed by atoms with Crippen LogP contribution in [0, 0.1) is 0 Å². The molecule has 0 unspecified atom stereocenters. The van der Waals surface area contributed by atoms with E-state index in [2.05, 4.69) is 16.0 Å². The topological polar surface area (TPSA) is 81.7 Å². The lowest BCUT2D eigenvalue weighted by Gasteiger charge is -2.16. The number of benzene rings is 1. The summed E-state index contributed by atoms with van der Waals surface area (Å²) in [5, 5.41) is 0.786. The molecule has 0 heterocycles. The van der Waals surface area contributed by atoms with E-state index in [0.29, 0.717) is 6.61 Å². The molecule has 0 spiro atoms. The van der Waals surface area contributed by atoms with Gasteiger partial charge in [-0.2, -0.15) is 0 Å². The number of esters is 1. The van der Waals surface area contributed by atoms with E-state index in [1.54, 1.807) is 0 Å². The normalized spacial score (nSPS) is 12.6. The first-order valence-electron chi connectivity index (χ1n) is 6.30. The Morgan fingerprint density at radius 2 is 2.05 bits per heavy atom. The molecular formula is C14H19NO5S. The Hall–Kier alpha value is -1.70. The highest BCUT2D eigenvalue weighted by molar-refractivity contribution is 7.92. The highest BCUT2D eigenvalue weighted by Gasteiger charge is 2.19. The number of methoxy groups -OCH3 is 1. The molecule has 116 valence electrons. The van der Waals surface area contributed by atoms with E-state index in [1.807, 2.05) is 30.3 Å². The smallest absolute Gasteiger partial charge is 0.307 e. The molecule has 1 atom stereocenters. The zero-order valence-corrected chi connectivity index (χ0v) is 12.6. The third-order valence-corrected chi connectivity index (χ3v) is 3.72. The summed E-state index contributed by atoms with van der Waals surface area (Å²) in [6, 6.07) is 8.73. The maximum atomic E-state index is 11.5. The van der Waals surface area contributed by atoms with Crippen LogP contribution in [0.15, 0.2) is 42.3 Å². The summed E-state index contributed by atoms with van der Waals surface area (Å²) in [5.74, 6) is -0.518. The average Bonchev–Trinajstić information content (AvgIpc) is 2.47. The van der Waals surface area contributed by atoms with Crippen molar-refractivity contribution in [3.8, 4) is 0 Å². The van der Waals surface area contributed by atoms with Crippen molar-refractivity contribution in [1.82, 2.24) is 4.72 Å². The first-order chi connectivity index (χ1) is 9.96. The van der Waals surface area contributed by atoms with Crippen LogP contribution >= 0.6 is 0 Å². The zero-order chi connectivity index (χ0) is 15.7. The molecule has 1 aromatic carbocycles. The minimum atomic E-state index is -3.64. The second-order valence-electron chi connectivity index (χ2n) is 4.31. The van der Waals surface area contributed by atoms with Gasteiger partial charge in [-0.3, -0.25) is 4.79 Å². The maximum absolute atomic E-state index is 11.5. The molecule has 0 aliphatic heterocycles. The Labute approximate surface area is 124 Å². The average molecular weight is 313 g/mol. The van der Waals surface area contributed by atoms with E-state index in [4.69, 9.17) is 4.74 Å². The van der Waals surface area contributed by atoms with Gasteiger partial charge in [0, 0.05) is 5.41 Å². The van der Waals surface area contributed by atoms with Crippen molar-refractivity contribution >= 4 is 16.0 Å². The van der Waals surface area contributed by atoms with Gasteiger partial charge in [0.15, 0.2) is 0 Å². The van der Waals surface area contributed by atoms with Gasteiger partial charge in [-0.1, -0.05) is 36.9 Å². The van der Waals surface area contributed by atoms with Crippen molar-refractivity contribution in [3.05, 3.63) is 47.9 Å². The number of carbonyl (C=O) groups is 1. The molecule has 0 saturated carbocycles. The number of ether oxygens (including phenoxy) is 2. The lowest BCUT2D eigenvalue weighted by atomic mass is 10.2. The number of hydrogen-bond donors (Lipinski definition) is 1. The molecule has 0 aliphatic carbocycles. The summed E-state index contributed by atoms with van der Waals surface area (Å²) < 4.78 is 35.3. The lowest BCUT2D eigenvalue weighted by Crippen LogP contribution is -2.39. The first kappa shape index (κ1) is 17.4. The quantitative estimate of drug-likeness (QED) is 0.693. The summed E-state index contributed by atoms with van der Waals surface area (Å²) in [5.41, 5.74) is 0.959. The van der Waals surface area contributed by atoms with E-state index in [9.17, 15) is 13.2 Å². The minimum absolute atomic E-state index is 0.0526. The highest BCUT2D eigenvalue weighted by atomic mass is 32.2. The number of rotatable bonds is 9. The van der Waals surface area contributed by atoms with Crippen molar-refractivity contribution in [3.63, 3.8) is 0 Å². The standard InChI is InChI=1S/C14H19NO5S/c1-3-21(17,18)15-13(9-14(16)19-2)11-20-10-12-7-5-4-6-8-12/h3-8,13,15H,1,9-11H2,2H3/t13-/m0/s1. The Morgan fingerprint density at radius 3 is 2.62 bits per heavy atom. The molecule has 0 radical (unpaired) electrons. The van der Waals surface area contributed by atoms with Crippen molar-refractivity contribution in [2.45, 2.75) is 19.1 Å². The first-order valence-corrected chi connectivity index (χ1v) is 7.84. The maximum Gasteiger partial charge on any atom is 0.307 e. The molecule has 1 aromatic rings. The van der Waals surface area contributed by atoms with Crippen molar-refractivity contribution < 1.29 is 22.7 Å². The van der Waals surface area contributed by atoms with E-state index in [1.165, 1.54) is 7.11 Å². The number of nitrogens with one attached hydrogen (secondary N) is 1. The van der Waals surface area contributed by atoms with Gasteiger partial charge in [0.05, 0.1) is 32.8 Å². The fourth-order valence-electron chi connectivity index (χ4n) is 1.59. The SMILES string of the molecule is C=CS(=O)(=O)N[C@H](COCc1ccccc1)CC(=O)OC. The van der Waals surface area contributed by atoms with Crippen LogP contribution in [0.1, 0.15) is 12.0 Å². The van der Waals surface area contributed by atoms with Gasteiger partial charge in [-0.15, -0.1) is 0 Å². The van der Waals surface area contributed by atoms with Crippen LogP contribution in [-0.4, -0.2) is 34.1 Å². The van der Waals surface area contributed by atoms with E-state index >= 15 is 0 Å². The predicted molar refractivity (Wildman–Crippen MR) is 78.8 cm³/mol. The predicted octanol–water partition coefficient (Wildman–Crippen LogP) is 1.20. The monoisotopic (exact) mass is 313 g/mol. The van der Waals surface area contributed by atoms with Crippen LogP contribution < -0.4 is 4.72 Å². The Morgan fingerprint density at radius 1 is 1.38 bits per heavy atom. The Kier molecular flexibility index (Phi) is 7.07. The van der Waals surface area contributed by atoms with Crippen LogP contribution in [-0.2, 0) is 30.9 Å². The third-order valence-electron chi connectivity index (χ3n) is 2.62. The van der Waals surface area contributed by atoms with Crippen molar-refractivity contribution in [1.29, 1.82) is 0 Å². The molecule has 1 N–H and O–H groups in total. The van der Waals surface area contributed by atoms with Crippen LogP contribution in [0.4, 0.5) is 0 Å². The third kappa shape index (κ3) is 7.03. The fourth-order valence-corrected chi connectivity index (χ4v) is 2.31. The van der Waals surface area contributed by atoms with Gasteiger partial charge in [0.25, 0.3) is 0 Å². The molecule has 21 heavy (non-hydrogen) atoms. The summed E-state index contributed by atoms with van der Waals surface area (Å²) >= 11 is 0. The molecule has 0 bridgehead atoms. The van der Waals surface area contributed by atoms with Gasteiger partial charge < -0.3 is 9.47 Å². The number of hydrogen-bond acceptors (Lipinski definition) is 5. The summed E-state index contributed by atoms with van der Waals surface area (Å²) in [6.07, 6.45) is -0.113. The van der Waals surface area contributed by atoms with Gasteiger partial charge in [-0.05, 0) is 5.56 Å². The minimum Gasteiger partial charge on any atom is -0.469 e. The van der Waals surface area contributed by atoms with Crippen LogP contribution in [0.5, 0.6) is 0 Å². The summed E-state index contributed by atoms with van der Waals surface area (Å²) in [7, 11) is -2.40. The van der Waals surface area contributed by atoms with Gasteiger partial charge >= 0.3 is 5.97 Å². The van der Waals surface area contributed by atoms with Gasteiger partial charge in [0.2, 0.25) is 10.0 Å². The lowest BCUT2D eigenvalue weighted by molar-refractivity contribution is -0.141. The number of carbonyl (C=O) groups excluding carboxylic acids is 1. The zero-order valence-electron chi connectivity index (χ0n) is 11.8. The molecule has 1 rings (SSSR count). The Balaban J connectivity index is 2.56. The van der Waals surface area contributed by atoms with Crippen LogP contribution in [0.3, 0.4) is 0 Å². The second kappa shape index (κ2) is 8.56. The van der Waals surface area contributed by atoms with Crippen LogP contribution in [0.2, 0.25) is 0 Å². The molecule has 0 fully saturated rings. The molecule has 0 aliphatic rings. The molecule has 6 nitrogen and oxygen atoms in total.